The van der Waals surface area contributed by atoms with E-state index in [1.807, 2.05) is 0 Å². The molecule has 4 aliphatic carbocycles. The predicted molar refractivity (Wildman–Crippen MR) is 96.9 cm³/mol. The molecule has 0 aromatic heterocycles. The van der Waals surface area contributed by atoms with Crippen molar-refractivity contribution in [1.29, 1.82) is 0 Å². The Hall–Kier alpha value is 0.766. The second kappa shape index (κ2) is 7.79. The molecule has 0 saturated heterocycles. The fourth-order valence-electron chi connectivity index (χ4n) is 7.47. The van der Waals surface area contributed by atoms with E-state index in [0.717, 1.165) is 51.4 Å². The van der Waals surface area contributed by atoms with E-state index < -0.39 is 11.6 Å². The molecule has 0 aliphatic heterocycles. The molecule has 4 aliphatic rings. The fourth-order valence-corrected chi connectivity index (χ4v) is 7.47. The van der Waals surface area contributed by atoms with Crippen LogP contribution >= 0.6 is 0 Å². The van der Waals surface area contributed by atoms with Crippen molar-refractivity contribution in [2.45, 2.75) is 89.8 Å². The van der Waals surface area contributed by atoms with Crippen LogP contribution in [-0.2, 0) is 4.79 Å². The van der Waals surface area contributed by atoms with Crippen molar-refractivity contribution in [2.24, 2.45) is 28.6 Å². The molecule has 146 valence electrons. The number of carbonyl (C=O) groups is 1. The van der Waals surface area contributed by atoms with E-state index in [2.05, 4.69) is 19.9 Å². The summed E-state index contributed by atoms with van der Waals surface area (Å²) in [5.74, 6) is 0.624. The number of rotatable bonds is 3. The molecule has 5 heteroatoms. The summed E-state index contributed by atoms with van der Waals surface area (Å²) in [5, 5.41) is 32.4. The third-order valence-electron chi connectivity index (χ3n) is 9.14. The molecule has 2 N–H and O–H groups in total. The topological polar surface area (TPSA) is 80.6 Å². The molecule has 0 aromatic rings. The largest absolute Gasteiger partial charge is 1.00 e. The summed E-state index contributed by atoms with van der Waals surface area (Å²) in [6, 6.07) is 0. The van der Waals surface area contributed by atoms with Crippen molar-refractivity contribution in [3.63, 3.8) is 0 Å². The van der Waals surface area contributed by atoms with Crippen LogP contribution in [-0.4, -0.2) is 27.9 Å². The maximum Gasteiger partial charge on any atom is 1.00 e. The first-order chi connectivity index (χ1) is 12.2. The second-order valence-corrected chi connectivity index (χ2v) is 10.1. The molecule has 7 atom stereocenters. The molecule has 4 nitrogen and oxygen atoms in total. The molecular weight excluding hydrogens is 367 g/mol. The summed E-state index contributed by atoms with van der Waals surface area (Å²) in [5.41, 5.74) is 0.622. The van der Waals surface area contributed by atoms with E-state index in [-0.39, 0.29) is 74.7 Å². The number of aliphatic hydroxyl groups excluding tert-OH is 1. The first-order valence-electron chi connectivity index (χ1n) is 10.5. The SMILES string of the molecule is C[C@]12CCC(O)CC1=CCC1C2CC[C@@]2(C)C1CCC2(O)CCC(=O)[O-].[K+]. The summed E-state index contributed by atoms with van der Waals surface area (Å²) < 4.78 is 0. The van der Waals surface area contributed by atoms with Crippen molar-refractivity contribution >= 4 is 5.97 Å². The van der Waals surface area contributed by atoms with Crippen molar-refractivity contribution in [2.75, 3.05) is 0 Å². The Morgan fingerprint density at radius 3 is 2.59 bits per heavy atom. The van der Waals surface area contributed by atoms with Crippen molar-refractivity contribution < 1.29 is 71.5 Å². The van der Waals surface area contributed by atoms with Gasteiger partial charge >= 0.3 is 51.4 Å². The average Bonchev–Trinajstić information content (AvgIpc) is 2.86. The quantitative estimate of drug-likeness (QED) is 0.498. The Morgan fingerprint density at radius 2 is 1.89 bits per heavy atom. The van der Waals surface area contributed by atoms with Crippen LogP contribution in [0.25, 0.3) is 0 Å². The van der Waals surface area contributed by atoms with E-state index in [9.17, 15) is 20.1 Å². The zero-order valence-corrected chi connectivity index (χ0v) is 20.3. The third kappa shape index (κ3) is 3.47. The standard InChI is InChI=1S/C22H34O4.K/c1-20-9-5-15(23)13-14(20)3-4-16-17(20)6-10-21(2)18(16)7-11-22(21,26)12-8-19(24)25;/h3,15-18,23,26H,4-13H2,1-2H3,(H,24,25);/q;+1/p-1/t15?,16?,17?,18?,20-,21-,22?;/m0./s1. The maximum atomic E-state index is 11.4. The Morgan fingerprint density at radius 1 is 1.19 bits per heavy atom. The van der Waals surface area contributed by atoms with Gasteiger partial charge in [0.1, 0.15) is 0 Å². The van der Waals surface area contributed by atoms with E-state index in [1.165, 1.54) is 5.57 Å². The Kier molecular flexibility index (Phi) is 6.48. The molecule has 0 heterocycles. The molecule has 27 heavy (non-hydrogen) atoms. The van der Waals surface area contributed by atoms with Crippen LogP contribution < -0.4 is 56.5 Å². The first-order valence-corrected chi connectivity index (χ1v) is 10.5. The first kappa shape index (κ1) is 22.5. The van der Waals surface area contributed by atoms with Gasteiger partial charge in [0.25, 0.3) is 0 Å². The summed E-state index contributed by atoms with van der Waals surface area (Å²) >= 11 is 0. The minimum Gasteiger partial charge on any atom is -0.550 e. The Bertz CT molecular complexity index is 634. The monoisotopic (exact) mass is 400 g/mol. The number of hydrogen-bond acceptors (Lipinski definition) is 4. The summed E-state index contributed by atoms with van der Waals surface area (Å²) in [6.07, 6.45) is 10.2. The van der Waals surface area contributed by atoms with E-state index in [1.54, 1.807) is 0 Å². The normalized spacial score (nSPS) is 48.5. The third-order valence-corrected chi connectivity index (χ3v) is 9.14. The summed E-state index contributed by atoms with van der Waals surface area (Å²) in [4.78, 5) is 11.0. The average molecular weight is 401 g/mol. The van der Waals surface area contributed by atoms with Crippen LogP contribution in [0.2, 0.25) is 0 Å². The number of aliphatic hydroxyl groups is 2. The van der Waals surface area contributed by atoms with Gasteiger partial charge < -0.3 is 20.1 Å². The second-order valence-electron chi connectivity index (χ2n) is 10.1. The van der Waals surface area contributed by atoms with E-state index in [4.69, 9.17) is 0 Å². The molecule has 0 spiro atoms. The zero-order chi connectivity index (χ0) is 18.7. The van der Waals surface area contributed by atoms with Gasteiger partial charge in [0.15, 0.2) is 0 Å². The van der Waals surface area contributed by atoms with Crippen LogP contribution in [0.3, 0.4) is 0 Å². The molecule has 5 unspecified atom stereocenters. The molecule has 3 fully saturated rings. The van der Waals surface area contributed by atoms with Gasteiger partial charge in [0.05, 0.1) is 11.7 Å². The van der Waals surface area contributed by atoms with Gasteiger partial charge in [-0.05, 0) is 92.8 Å². The maximum absolute atomic E-state index is 11.4. The van der Waals surface area contributed by atoms with Crippen LogP contribution in [0.4, 0.5) is 0 Å². The number of hydrogen-bond donors (Lipinski definition) is 2. The number of allylic oxidation sites excluding steroid dienone is 1. The van der Waals surface area contributed by atoms with Crippen LogP contribution in [0, 0.1) is 28.6 Å². The van der Waals surface area contributed by atoms with Crippen LogP contribution in [0.5, 0.6) is 0 Å². The van der Waals surface area contributed by atoms with Crippen LogP contribution in [0.15, 0.2) is 11.6 Å². The minimum absolute atomic E-state index is 0. The van der Waals surface area contributed by atoms with Crippen molar-refractivity contribution in [3.05, 3.63) is 11.6 Å². The van der Waals surface area contributed by atoms with Gasteiger partial charge in [0, 0.05) is 5.97 Å². The molecule has 0 bridgehead atoms. The molecule has 0 radical (unpaired) electrons. The zero-order valence-electron chi connectivity index (χ0n) is 17.2. The summed E-state index contributed by atoms with van der Waals surface area (Å²) in [6.45, 7) is 4.61. The molecule has 0 amide bonds. The van der Waals surface area contributed by atoms with Gasteiger partial charge in [-0.2, -0.15) is 0 Å². The van der Waals surface area contributed by atoms with Gasteiger partial charge in [-0.1, -0.05) is 25.5 Å². The van der Waals surface area contributed by atoms with E-state index >= 15 is 0 Å². The number of carboxylic acid groups (broad SMARTS) is 1. The minimum atomic E-state index is -1.06. The van der Waals surface area contributed by atoms with Crippen LogP contribution in [0.1, 0.15) is 78.1 Å². The number of carbonyl (C=O) groups excluding carboxylic acids is 1. The Labute approximate surface area is 205 Å². The van der Waals surface area contributed by atoms with Gasteiger partial charge in [-0.25, -0.2) is 0 Å². The number of aliphatic carboxylic acids is 1. The van der Waals surface area contributed by atoms with Gasteiger partial charge in [-0.15, -0.1) is 0 Å². The number of fused-ring (bicyclic) bond motifs is 5. The molecule has 0 aromatic carbocycles. The summed E-state index contributed by atoms with van der Waals surface area (Å²) in [7, 11) is 0. The molecule has 3 saturated carbocycles. The molecular formula is C22H33KO4. The van der Waals surface area contributed by atoms with E-state index in [0.29, 0.717) is 24.2 Å². The Balaban J connectivity index is 0.00000210. The predicted octanol–water partition coefficient (Wildman–Crippen LogP) is -0.425. The van der Waals surface area contributed by atoms with Crippen molar-refractivity contribution in [3.8, 4) is 0 Å². The smallest absolute Gasteiger partial charge is 0.550 e. The fraction of sp³-hybridized carbons (Fsp3) is 0.864. The van der Waals surface area contributed by atoms with Gasteiger partial charge in [-0.3, -0.25) is 0 Å². The van der Waals surface area contributed by atoms with Gasteiger partial charge in [0.2, 0.25) is 0 Å². The molecule has 4 rings (SSSR count). The number of carboxylic acids is 1. The van der Waals surface area contributed by atoms with Crippen molar-refractivity contribution in [1.82, 2.24) is 0 Å².